The molecule has 0 atom stereocenters. The van der Waals surface area contributed by atoms with Crippen LogP contribution in [0.5, 0.6) is 0 Å². The Bertz CT molecular complexity index is 1270. The summed E-state index contributed by atoms with van der Waals surface area (Å²) in [6.45, 7) is 5.45. The minimum absolute atomic E-state index is 0.0269. The highest BCUT2D eigenvalue weighted by molar-refractivity contribution is 5.90. The van der Waals surface area contributed by atoms with Gasteiger partial charge in [-0.1, -0.05) is 56.2 Å². The molecule has 4 aromatic rings. The van der Waals surface area contributed by atoms with E-state index >= 15 is 0 Å². The predicted octanol–water partition coefficient (Wildman–Crippen LogP) is 5.05. The second-order valence-corrected chi connectivity index (χ2v) is 8.90. The molecule has 1 aliphatic heterocycles. The smallest absolute Gasteiger partial charge is 0.267 e. The van der Waals surface area contributed by atoms with Gasteiger partial charge in [-0.15, -0.1) is 0 Å². The molecule has 1 aromatic carbocycles. The van der Waals surface area contributed by atoms with Crippen LogP contribution >= 0.6 is 0 Å². The van der Waals surface area contributed by atoms with E-state index < -0.39 is 0 Å². The highest BCUT2D eigenvalue weighted by Crippen LogP contribution is 2.34. The van der Waals surface area contributed by atoms with Gasteiger partial charge in [0, 0.05) is 30.9 Å². The van der Waals surface area contributed by atoms with Crippen LogP contribution in [0, 0.1) is 0 Å². The SMILES string of the molecule is CCCCCN1CCC(n2nc(-c3c(-c4ccccc4)nn4ccccc34)ccc2=O)CC1. The van der Waals surface area contributed by atoms with Crippen molar-refractivity contribution in [3.63, 3.8) is 0 Å². The Morgan fingerprint density at radius 3 is 2.48 bits per heavy atom. The van der Waals surface area contributed by atoms with Crippen molar-refractivity contribution in [1.82, 2.24) is 24.3 Å². The number of hydrogen-bond acceptors (Lipinski definition) is 4. The Morgan fingerprint density at radius 1 is 0.909 bits per heavy atom. The van der Waals surface area contributed by atoms with Gasteiger partial charge >= 0.3 is 0 Å². The molecule has 0 saturated carbocycles. The number of benzene rings is 1. The van der Waals surface area contributed by atoms with Crippen LogP contribution < -0.4 is 5.56 Å². The third-order valence-corrected chi connectivity index (χ3v) is 6.65. The lowest BCUT2D eigenvalue weighted by Gasteiger charge is -2.32. The summed E-state index contributed by atoms with van der Waals surface area (Å²) in [5, 5.41) is 9.76. The van der Waals surface area contributed by atoms with E-state index in [-0.39, 0.29) is 11.6 Å². The number of unbranched alkanes of at least 4 members (excludes halogenated alkanes) is 2. The second kappa shape index (κ2) is 9.71. The average molecular weight is 442 g/mol. The molecule has 6 nitrogen and oxygen atoms in total. The molecule has 170 valence electrons. The first-order chi connectivity index (χ1) is 16.2. The van der Waals surface area contributed by atoms with Crippen LogP contribution in [0.3, 0.4) is 0 Å². The maximum atomic E-state index is 12.8. The number of aromatic nitrogens is 4. The highest BCUT2D eigenvalue weighted by Gasteiger charge is 2.24. The van der Waals surface area contributed by atoms with E-state index in [1.165, 1.54) is 19.3 Å². The van der Waals surface area contributed by atoms with E-state index in [0.717, 1.165) is 60.5 Å². The fourth-order valence-corrected chi connectivity index (χ4v) is 4.84. The molecule has 5 rings (SSSR count). The largest absolute Gasteiger partial charge is 0.303 e. The Balaban J connectivity index is 1.49. The topological polar surface area (TPSA) is 55.4 Å². The van der Waals surface area contributed by atoms with Crippen LogP contribution in [0.25, 0.3) is 28.0 Å². The van der Waals surface area contributed by atoms with Crippen LogP contribution in [-0.4, -0.2) is 43.9 Å². The molecule has 1 fully saturated rings. The van der Waals surface area contributed by atoms with Gasteiger partial charge in [-0.3, -0.25) is 4.79 Å². The molecule has 4 heterocycles. The van der Waals surface area contributed by atoms with Gasteiger partial charge in [0.25, 0.3) is 5.56 Å². The van der Waals surface area contributed by atoms with Crippen molar-refractivity contribution in [1.29, 1.82) is 0 Å². The first kappa shape index (κ1) is 21.6. The van der Waals surface area contributed by atoms with Gasteiger partial charge in [0.1, 0.15) is 5.69 Å². The predicted molar refractivity (Wildman–Crippen MR) is 132 cm³/mol. The van der Waals surface area contributed by atoms with E-state index in [1.807, 2.05) is 47.1 Å². The third kappa shape index (κ3) is 4.48. The summed E-state index contributed by atoms with van der Waals surface area (Å²) >= 11 is 0. The zero-order valence-corrected chi connectivity index (χ0v) is 19.2. The van der Waals surface area contributed by atoms with Crippen molar-refractivity contribution >= 4 is 5.52 Å². The van der Waals surface area contributed by atoms with Crippen molar-refractivity contribution in [3.05, 3.63) is 77.2 Å². The van der Waals surface area contributed by atoms with Crippen molar-refractivity contribution < 1.29 is 0 Å². The van der Waals surface area contributed by atoms with E-state index in [1.54, 1.807) is 10.7 Å². The standard InChI is InChI=1S/C27H31N5O/c1-2-3-8-17-30-19-15-22(16-20-30)32-25(33)14-13-23(28-32)26-24-12-7-9-18-31(24)29-27(26)21-10-5-4-6-11-21/h4-7,9-14,18,22H,2-3,8,15-17,19-20H2,1H3. The highest BCUT2D eigenvalue weighted by atomic mass is 16.1. The Morgan fingerprint density at radius 2 is 1.70 bits per heavy atom. The summed E-state index contributed by atoms with van der Waals surface area (Å²) in [5.41, 5.74) is 4.63. The molecular formula is C27H31N5O. The van der Waals surface area contributed by atoms with Gasteiger partial charge < -0.3 is 4.90 Å². The number of fused-ring (bicyclic) bond motifs is 1. The molecule has 1 saturated heterocycles. The number of piperidine rings is 1. The molecule has 0 spiro atoms. The van der Waals surface area contributed by atoms with Crippen LogP contribution in [0.2, 0.25) is 0 Å². The fourth-order valence-electron chi connectivity index (χ4n) is 4.84. The van der Waals surface area contributed by atoms with Gasteiger partial charge in [-0.25, -0.2) is 9.20 Å². The zero-order valence-electron chi connectivity index (χ0n) is 19.2. The summed E-state index contributed by atoms with van der Waals surface area (Å²) in [4.78, 5) is 15.3. The van der Waals surface area contributed by atoms with E-state index in [2.05, 4.69) is 30.0 Å². The molecular weight excluding hydrogens is 410 g/mol. The number of rotatable bonds is 7. The number of nitrogens with zero attached hydrogens (tertiary/aromatic N) is 5. The van der Waals surface area contributed by atoms with Gasteiger partial charge in [0.05, 0.1) is 22.8 Å². The minimum Gasteiger partial charge on any atom is -0.303 e. The molecule has 0 N–H and O–H groups in total. The Hall–Kier alpha value is -3.25. The van der Waals surface area contributed by atoms with E-state index in [4.69, 9.17) is 10.2 Å². The molecule has 0 radical (unpaired) electrons. The third-order valence-electron chi connectivity index (χ3n) is 6.65. The van der Waals surface area contributed by atoms with Gasteiger partial charge in [0.2, 0.25) is 0 Å². The Labute approximate surface area is 194 Å². The first-order valence-corrected chi connectivity index (χ1v) is 12.1. The summed E-state index contributed by atoms with van der Waals surface area (Å²) in [7, 11) is 0. The van der Waals surface area contributed by atoms with Crippen molar-refractivity contribution in [2.24, 2.45) is 0 Å². The van der Waals surface area contributed by atoms with E-state index in [9.17, 15) is 4.79 Å². The number of pyridine rings is 1. The lowest BCUT2D eigenvalue weighted by Crippen LogP contribution is -2.38. The quantitative estimate of drug-likeness (QED) is 0.377. The summed E-state index contributed by atoms with van der Waals surface area (Å²) in [6.07, 6.45) is 7.66. The average Bonchev–Trinajstić information content (AvgIpc) is 3.25. The number of hydrogen-bond donors (Lipinski definition) is 0. The monoisotopic (exact) mass is 441 g/mol. The maximum absolute atomic E-state index is 12.8. The molecule has 3 aromatic heterocycles. The molecule has 0 aliphatic carbocycles. The molecule has 0 bridgehead atoms. The second-order valence-electron chi connectivity index (χ2n) is 8.90. The fraction of sp³-hybridized carbons (Fsp3) is 0.370. The van der Waals surface area contributed by atoms with Crippen LogP contribution in [0.1, 0.15) is 45.1 Å². The zero-order chi connectivity index (χ0) is 22.6. The van der Waals surface area contributed by atoms with Gasteiger partial charge in [-0.05, 0) is 44.0 Å². The normalized spacial score (nSPS) is 15.3. The minimum atomic E-state index is -0.0269. The molecule has 33 heavy (non-hydrogen) atoms. The van der Waals surface area contributed by atoms with Crippen molar-refractivity contribution in [2.45, 2.75) is 45.1 Å². The number of likely N-dealkylation sites (tertiary alicyclic amines) is 1. The summed E-state index contributed by atoms with van der Waals surface area (Å²) in [6, 6.07) is 19.9. The van der Waals surface area contributed by atoms with Crippen LogP contribution in [0.15, 0.2) is 71.7 Å². The van der Waals surface area contributed by atoms with Crippen molar-refractivity contribution in [3.8, 4) is 22.5 Å². The first-order valence-electron chi connectivity index (χ1n) is 12.1. The summed E-state index contributed by atoms with van der Waals surface area (Å²) in [5.74, 6) is 0. The lowest BCUT2D eigenvalue weighted by atomic mass is 10.0. The summed E-state index contributed by atoms with van der Waals surface area (Å²) < 4.78 is 3.61. The molecule has 1 aliphatic rings. The van der Waals surface area contributed by atoms with Crippen LogP contribution in [-0.2, 0) is 0 Å². The van der Waals surface area contributed by atoms with Crippen LogP contribution in [0.4, 0.5) is 0 Å². The molecule has 0 unspecified atom stereocenters. The van der Waals surface area contributed by atoms with Crippen molar-refractivity contribution in [2.75, 3.05) is 19.6 Å². The molecule has 0 amide bonds. The van der Waals surface area contributed by atoms with Gasteiger partial charge in [0.15, 0.2) is 0 Å². The van der Waals surface area contributed by atoms with E-state index in [0.29, 0.717) is 0 Å². The maximum Gasteiger partial charge on any atom is 0.267 e. The molecule has 6 heteroatoms. The lowest BCUT2D eigenvalue weighted by molar-refractivity contribution is 0.174. The van der Waals surface area contributed by atoms with Gasteiger partial charge in [-0.2, -0.15) is 10.2 Å². The Kier molecular flexibility index (Phi) is 6.35.